The molecular formula is C24H22F2N6OS. The molecule has 0 aliphatic carbocycles. The Hall–Kier alpha value is -3.66. The van der Waals surface area contributed by atoms with E-state index in [2.05, 4.69) is 30.6 Å². The first kappa shape index (κ1) is 23.5. The first-order valence-corrected chi connectivity index (χ1v) is 11.9. The number of benzene rings is 1. The van der Waals surface area contributed by atoms with E-state index in [-0.39, 0.29) is 22.8 Å². The summed E-state index contributed by atoms with van der Waals surface area (Å²) in [6.45, 7) is 0.492. The number of nitrogens with one attached hydrogen (secondary N) is 2. The van der Waals surface area contributed by atoms with Gasteiger partial charge in [0.25, 0.3) is 5.91 Å². The van der Waals surface area contributed by atoms with Crippen molar-refractivity contribution in [3.8, 4) is 11.3 Å². The van der Waals surface area contributed by atoms with Crippen LogP contribution in [0.2, 0.25) is 0 Å². The van der Waals surface area contributed by atoms with Crippen LogP contribution in [0.5, 0.6) is 0 Å². The van der Waals surface area contributed by atoms with Gasteiger partial charge in [0.2, 0.25) is 5.95 Å². The Morgan fingerprint density at radius 2 is 1.94 bits per heavy atom. The van der Waals surface area contributed by atoms with Gasteiger partial charge in [-0.3, -0.25) is 9.78 Å². The Labute approximate surface area is 199 Å². The molecule has 0 spiro atoms. The van der Waals surface area contributed by atoms with Crippen LogP contribution < -0.4 is 10.6 Å². The van der Waals surface area contributed by atoms with Crippen LogP contribution in [0.1, 0.15) is 21.8 Å². The lowest BCUT2D eigenvalue weighted by molar-refractivity contribution is 0.0964. The van der Waals surface area contributed by atoms with Gasteiger partial charge < -0.3 is 10.6 Å². The lowest BCUT2D eigenvalue weighted by Gasteiger charge is -2.20. The Morgan fingerprint density at radius 1 is 1.09 bits per heavy atom. The van der Waals surface area contributed by atoms with Crippen molar-refractivity contribution in [2.45, 2.75) is 5.92 Å². The molecule has 0 saturated carbocycles. The van der Waals surface area contributed by atoms with E-state index >= 15 is 0 Å². The maximum Gasteiger partial charge on any atom is 0.251 e. The van der Waals surface area contributed by atoms with Gasteiger partial charge in [0, 0.05) is 54.7 Å². The Morgan fingerprint density at radius 3 is 2.68 bits per heavy atom. The molecule has 7 nitrogen and oxygen atoms in total. The topological polar surface area (TPSA) is 92.7 Å². The van der Waals surface area contributed by atoms with E-state index < -0.39 is 11.8 Å². The minimum atomic E-state index is -0.559. The molecule has 4 aromatic rings. The van der Waals surface area contributed by atoms with Crippen molar-refractivity contribution in [2.75, 3.05) is 30.9 Å². The number of nitrogens with zero attached hydrogens (tertiary/aromatic N) is 4. The number of amides is 1. The van der Waals surface area contributed by atoms with Crippen LogP contribution in [0.25, 0.3) is 22.2 Å². The predicted molar refractivity (Wildman–Crippen MR) is 130 cm³/mol. The van der Waals surface area contributed by atoms with Crippen molar-refractivity contribution < 1.29 is 13.6 Å². The summed E-state index contributed by atoms with van der Waals surface area (Å²) in [5, 5.41) is 6.08. The fourth-order valence-electron chi connectivity index (χ4n) is 3.73. The molecule has 1 atom stereocenters. The highest BCUT2D eigenvalue weighted by Crippen LogP contribution is 2.30. The predicted octanol–water partition coefficient (Wildman–Crippen LogP) is 4.28. The number of carbonyl (C=O) groups is 1. The normalized spacial score (nSPS) is 11.9. The van der Waals surface area contributed by atoms with Gasteiger partial charge in [-0.05, 0) is 36.1 Å². The fourth-order valence-corrected chi connectivity index (χ4v) is 4.43. The number of aromatic nitrogens is 4. The number of halogens is 2. The molecule has 0 aliphatic heterocycles. The molecule has 4 rings (SSSR count). The zero-order chi connectivity index (χ0) is 24.1. The van der Waals surface area contributed by atoms with Crippen LogP contribution >= 0.6 is 11.8 Å². The number of pyridine rings is 2. The summed E-state index contributed by atoms with van der Waals surface area (Å²) in [4.78, 5) is 28.9. The maximum atomic E-state index is 14.8. The lowest BCUT2D eigenvalue weighted by Crippen LogP contribution is -2.20. The van der Waals surface area contributed by atoms with E-state index in [4.69, 9.17) is 0 Å². The third kappa shape index (κ3) is 4.96. The number of rotatable bonds is 8. The number of hydrogen-bond donors (Lipinski definition) is 2. The van der Waals surface area contributed by atoms with Crippen molar-refractivity contribution in [1.82, 2.24) is 25.3 Å². The van der Waals surface area contributed by atoms with Gasteiger partial charge in [-0.15, -0.1) is 0 Å². The number of carbonyl (C=O) groups excluding carboxylic acids is 1. The van der Waals surface area contributed by atoms with Gasteiger partial charge >= 0.3 is 0 Å². The molecule has 0 fully saturated rings. The molecule has 174 valence electrons. The molecule has 3 aromatic heterocycles. The minimum Gasteiger partial charge on any atom is -0.369 e. The molecule has 0 bridgehead atoms. The fraction of sp³-hybridized carbons (Fsp3) is 0.208. The molecule has 0 aliphatic rings. The number of fused-ring (bicyclic) bond motifs is 1. The molecule has 10 heteroatoms. The van der Waals surface area contributed by atoms with Crippen LogP contribution in [0.3, 0.4) is 0 Å². The molecule has 3 heterocycles. The quantitative estimate of drug-likeness (QED) is 0.364. The summed E-state index contributed by atoms with van der Waals surface area (Å²) in [5.41, 5.74) is 2.82. The zero-order valence-electron chi connectivity index (χ0n) is 18.5. The number of thioether (sulfide) groups is 1. The third-order valence-corrected chi connectivity index (χ3v) is 6.11. The minimum absolute atomic E-state index is 0.0450. The van der Waals surface area contributed by atoms with E-state index in [1.54, 1.807) is 30.0 Å². The summed E-state index contributed by atoms with van der Waals surface area (Å²) >= 11 is 1.65. The molecular weight excluding hydrogens is 458 g/mol. The average molecular weight is 481 g/mol. The smallest absolute Gasteiger partial charge is 0.251 e. The molecule has 0 radical (unpaired) electrons. The average Bonchev–Trinajstić information content (AvgIpc) is 2.87. The van der Waals surface area contributed by atoms with Gasteiger partial charge in [0.05, 0.1) is 16.8 Å². The summed E-state index contributed by atoms with van der Waals surface area (Å²) in [6, 6.07) is 9.25. The molecule has 1 aromatic carbocycles. The third-order valence-electron chi connectivity index (χ3n) is 5.37. The van der Waals surface area contributed by atoms with Crippen LogP contribution in [-0.2, 0) is 0 Å². The number of anilines is 1. The first-order chi connectivity index (χ1) is 16.5. The highest BCUT2D eigenvalue weighted by atomic mass is 32.2. The van der Waals surface area contributed by atoms with Crippen molar-refractivity contribution in [1.29, 1.82) is 0 Å². The first-order valence-electron chi connectivity index (χ1n) is 10.5. The van der Waals surface area contributed by atoms with Crippen molar-refractivity contribution in [2.24, 2.45) is 0 Å². The van der Waals surface area contributed by atoms with E-state index in [0.717, 1.165) is 11.3 Å². The maximum absolute atomic E-state index is 14.8. The SMILES string of the molecule is CNC(=O)c1ccnc2c(C(CNc3cc(-c4ccc(F)nc4)ncn3)CSC)ccc(F)c12. The van der Waals surface area contributed by atoms with E-state index in [9.17, 15) is 13.6 Å². The van der Waals surface area contributed by atoms with Crippen molar-refractivity contribution >= 4 is 34.4 Å². The van der Waals surface area contributed by atoms with Gasteiger partial charge in [-0.1, -0.05) is 6.07 Å². The molecule has 1 amide bonds. The largest absolute Gasteiger partial charge is 0.369 e. The summed E-state index contributed by atoms with van der Waals surface area (Å²) in [5.74, 6) is -0.140. The highest BCUT2D eigenvalue weighted by Gasteiger charge is 2.21. The lowest BCUT2D eigenvalue weighted by atomic mass is 9.95. The Balaban J connectivity index is 1.64. The zero-order valence-corrected chi connectivity index (χ0v) is 19.4. The summed E-state index contributed by atoms with van der Waals surface area (Å²) in [6.07, 6.45) is 6.35. The van der Waals surface area contributed by atoms with Crippen molar-refractivity contribution in [3.63, 3.8) is 0 Å². The Bertz CT molecular complexity index is 1320. The van der Waals surface area contributed by atoms with Crippen molar-refractivity contribution in [3.05, 3.63) is 78.0 Å². The van der Waals surface area contributed by atoms with E-state index in [1.807, 2.05) is 6.26 Å². The van der Waals surface area contributed by atoms with Crippen LogP contribution in [-0.4, -0.2) is 51.4 Å². The molecule has 2 N–H and O–H groups in total. The second kappa shape index (κ2) is 10.5. The highest BCUT2D eigenvalue weighted by molar-refractivity contribution is 7.98. The van der Waals surface area contributed by atoms with Crippen LogP contribution in [0.4, 0.5) is 14.6 Å². The van der Waals surface area contributed by atoms with Gasteiger partial charge in [0.1, 0.15) is 18.0 Å². The molecule has 34 heavy (non-hydrogen) atoms. The second-order valence-corrected chi connectivity index (χ2v) is 8.40. The second-order valence-electron chi connectivity index (χ2n) is 7.49. The van der Waals surface area contributed by atoms with Crippen LogP contribution in [0.15, 0.2) is 55.1 Å². The molecule has 1 unspecified atom stereocenters. The Kier molecular flexibility index (Phi) is 7.27. The van der Waals surface area contributed by atoms with Gasteiger partial charge in [-0.2, -0.15) is 16.2 Å². The molecule has 0 saturated heterocycles. The van der Waals surface area contributed by atoms with E-state index in [1.165, 1.54) is 44.0 Å². The summed E-state index contributed by atoms with van der Waals surface area (Å²) < 4.78 is 27.9. The monoisotopic (exact) mass is 480 g/mol. The van der Waals surface area contributed by atoms with Crippen LogP contribution in [0, 0.1) is 11.8 Å². The number of hydrogen-bond acceptors (Lipinski definition) is 7. The van der Waals surface area contributed by atoms with E-state index in [0.29, 0.717) is 29.1 Å². The van der Waals surface area contributed by atoms with Gasteiger partial charge in [0.15, 0.2) is 0 Å². The standard InChI is InChI=1S/C24H22F2N6OS/c1-27-24(33)17-7-8-28-23-16(4-5-18(25)22(17)23)15(12-34-2)11-30-21-9-19(31-13-32-21)14-3-6-20(26)29-10-14/h3-10,13,15H,11-12H2,1-2H3,(H,27,33)(H,30,31,32). The summed E-state index contributed by atoms with van der Waals surface area (Å²) in [7, 11) is 1.51. The van der Waals surface area contributed by atoms with Gasteiger partial charge in [-0.25, -0.2) is 19.3 Å².